The third-order valence-corrected chi connectivity index (χ3v) is 6.60. The minimum atomic E-state index is -3.26. The van der Waals surface area contributed by atoms with Crippen LogP contribution in [0, 0.1) is 0 Å². The van der Waals surface area contributed by atoms with E-state index in [1.807, 2.05) is 23.6 Å². The molecule has 2 atom stereocenters. The summed E-state index contributed by atoms with van der Waals surface area (Å²) >= 11 is 4.94. The molecule has 0 aliphatic heterocycles. The van der Waals surface area contributed by atoms with Gasteiger partial charge in [-0.15, -0.1) is 11.3 Å². The molecule has 0 spiro atoms. The predicted octanol–water partition coefficient (Wildman–Crippen LogP) is 3.13. The van der Waals surface area contributed by atoms with E-state index in [2.05, 4.69) is 15.9 Å². The van der Waals surface area contributed by atoms with Gasteiger partial charge < -0.3 is 5.11 Å². The summed E-state index contributed by atoms with van der Waals surface area (Å²) in [6.45, 7) is 1.53. The third kappa shape index (κ3) is 2.47. The fraction of sp³-hybridized carbons (Fsp3) is 0.333. The Balaban J connectivity index is 2.53. The van der Waals surface area contributed by atoms with Gasteiger partial charge in [-0.2, -0.15) is 0 Å². The molecule has 0 radical (unpaired) electrons. The van der Waals surface area contributed by atoms with Gasteiger partial charge in [-0.1, -0.05) is 12.1 Å². The molecule has 1 aromatic carbocycles. The zero-order chi connectivity index (χ0) is 13.5. The van der Waals surface area contributed by atoms with Crippen LogP contribution in [0.1, 0.15) is 18.6 Å². The van der Waals surface area contributed by atoms with E-state index >= 15 is 0 Å². The molecule has 1 heterocycles. The summed E-state index contributed by atoms with van der Waals surface area (Å²) in [5.74, 6) is 0. The highest BCUT2D eigenvalue weighted by atomic mass is 79.9. The molecule has 98 valence electrons. The largest absolute Gasteiger partial charge is 0.387 e. The van der Waals surface area contributed by atoms with Gasteiger partial charge in [0.05, 0.1) is 11.4 Å². The minimum Gasteiger partial charge on any atom is -0.387 e. The SMILES string of the molecule is CC(C(O)c1csc2c(Br)cccc12)S(C)(=O)=O. The van der Waals surface area contributed by atoms with Crippen LogP contribution in [0.2, 0.25) is 0 Å². The smallest absolute Gasteiger partial charge is 0.152 e. The number of fused-ring (bicyclic) bond motifs is 1. The molecule has 1 N–H and O–H groups in total. The van der Waals surface area contributed by atoms with Gasteiger partial charge in [0.25, 0.3) is 0 Å². The summed E-state index contributed by atoms with van der Waals surface area (Å²) in [4.78, 5) is 0. The Kier molecular flexibility index (Phi) is 3.82. The van der Waals surface area contributed by atoms with Gasteiger partial charge in [-0.3, -0.25) is 0 Å². The van der Waals surface area contributed by atoms with E-state index in [-0.39, 0.29) is 0 Å². The van der Waals surface area contributed by atoms with Crippen molar-refractivity contribution >= 4 is 47.2 Å². The van der Waals surface area contributed by atoms with E-state index < -0.39 is 21.2 Å². The summed E-state index contributed by atoms with van der Waals surface area (Å²) in [5, 5.41) is 12.1. The molecule has 0 bridgehead atoms. The van der Waals surface area contributed by atoms with Crippen molar-refractivity contribution < 1.29 is 13.5 Å². The van der Waals surface area contributed by atoms with Crippen LogP contribution in [0.4, 0.5) is 0 Å². The Labute approximate surface area is 119 Å². The maximum Gasteiger partial charge on any atom is 0.152 e. The average Bonchev–Trinajstić information content (AvgIpc) is 2.71. The first kappa shape index (κ1) is 14.0. The van der Waals surface area contributed by atoms with Crippen molar-refractivity contribution in [3.8, 4) is 0 Å². The van der Waals surface area contributed by atoms with Gasteiger partial charge in [0.2, 0.25) is 0 Å². The van der Waals surface area contributed by atoms with Crippen LogP contribution < -0.4 is 0 Å². The maximum absolute atomic E-state index is 11.5. The third-order valence-electron chi connectivity index (χ3n) is 3.02. The summed E-state index contributed by atoms with van der Waals surface area (Å²) < 4.78 is 25.0. The number of aliphatic hydroxyl groups is 1. The van der Waals surface area contributed by atoms with Crippen molar-refractivity contribution in [3.63, 3.8) is 0 Å². The molecule has 2 rings (SSSR count). The highest BCUT2D eigenvalue weighted by Crippen LogP contribution is 2.36. The number of thiophene rings is 1. The van der Waals surface area contributed by atoms with Gasteiger partial charge in [-0.05, 0) is 39.7 Å². The van der Waals surface area contributed by atoms with Crippen molar-refractivity contribution in [2.45, 2.75) is 18.3 Å². The first-order chi connectivity index (χ1) is 8.32. The van der Waals surface area contributed by atoms with E-state index in [1.165, 1.54) is 18.3 Å². The van der Waals surface area contributed by atoms with Crippen molar-refractivity contribution in [1.82, 2.24) is 0 Å². The lowest BCUT2D eigenvalue weighted by atomic mass is 10.1. The monoisotopic (exact) mass is 348 g/mol. The lowest BCUT2D eigenvalue weighted by Crippen LogP contribution is -2.24. The number of aliphatic hydroxyl groups excluding tert-OH is 1. The normalized spacial score (nSPS) is 15.8. The summed E-state index contributed by atoms with van der Waals surface area (Å²) in [6, 6.07) is 5.69. The van der Waals surface area contributed by atoms with Crippen molar-refractivity contribution in [2.75, 3.05) is 6.26 Å². The zero-order valence-corrected chi connectivity index (χ0v) is 13.1. The standard InChI is InChI=1S/C12H13BrO3S2/c1-7(18(2,15)16)11(14)9-6-17-12-8(9)4-3-5-10(12)13/h3-7,11,14H,1-2H3. The van der Waals surface area contributed by atoms with Gasteiger partial charge in [0.1, 0.15) is 0 Å². The number of rotatable bonds is 3. The van der Waals surface area contributed by atoms with Crippen molar-refractivity contribution in [3.05, 3.63) is 33.6 Å². The number of hydrogen-bond donors (Lipinski definition) is 1. The van der Waals surface area contributed by atoms with Crippen molar-refractivity contribution in [1.29, 1.82) is 0 Å². The Hall–Kier alpha value is -0.430. The Bertz CT molecular complexity index is 676. The Morgan fingerprint density at radius 2 is 2.06 bits per heavy atom. The molecule has 1 aromatic heterocycles. The van der Waals surface area contributed by atoms with E-state index in [9.17, 15) is 13.5 Å². The molecular formula is C12H13BrO3S2. The second kappa shape index (κ2) is 4.92. The summed E-state index contributed by atoms with van der Waals surface area (Å²) in [6.07, 6.45) is 0.147. The van der Waals surface area contributed by atoms with E-state index in [0.29, 0.717) is 5.56 Å². The molecule has 6 heteroatoms. The fourth-order valence-electron chi connectivity index (χ4n) is 1.76. The van der Waals surface area contributed by atoms with Crippen molar-refractivity contribution in [2.24, 2.45) is 0 Å². The molecule has 0 amide bonds. The molecule has 2 aromatic rings. The van der Waals surface area contributed by atoms with Crippen LogP contribution in [0.25, 0.3) is 10.1 Å². The first-order valence-electron chi connectivity index (χ1n) is 5.35. The summed E-state index contributed by atoms with van der Waals surface area (Å²) in [5.41, 5.74) is 0.675. The van der Waals surface area contributed by atoms with Gasteiger partial charge >= 0.3 is 0 Å². The lowest BCUT2D eigenvalue weighted by Gasteiger charge is -2.16. The van der Waals surface area contributed by atoms with Gasteiger partial charge in [-0.25, -0.2) is 8.42 Å². The minimum absolute atomic E-state index is 0.675. The zero-order valence-electron chi connectivity index (χ0n) is 9.92. The molecule has 3 nitrogen and oxygen atoms in total. The van der Waals surface area contributed by atoms with Gasteiger partial charge in [0.15, 0.2) is 9.84 Å². The highest BCUT2D eigenvalue weighted by molar-refractivity contribution is 9.10. The highest BCUT2D eigenvalue weighted by Gasteiger charge is 2.27. The molecular weight excluding hydrogens is 336 g/mol. The second-order valence-electron chi connectivity index (χ2n) is 4.29. The molecule has 0 aliphatic rings. The van der Waals surface area contributed by atoms with E-state index in [0.717, 1.165) is 20.8 Å². The number of benzene rings is 1. The van der Waals surface area contributed by atoms with E-state index in [1.54, 1.807) is 0 Å². The van der Waals surface area contributed by atoms with Crippen LogP contribution in [0.15, 0.2) is 28.1 Å². The molecule has 0 aliphatic carbocycles. The Morgan fingerprint density at radius 3 is 2.67 bits per heavy atom. The maximum atomic E-state index is 11.5. The van der Waals surface area contributed by atoms with Crippen LogP contribution in [0.5, 0.6) is 0 Å². The number of sulfone groups is 1. The number of halogens is 1. The van der Waals surface area contributed by atoms with E-state index in [4.69, 9.17) is 0 Å². The van der Waals surface area contributed by atoms with Crippen LogP contribution >= 0.6 is 27.3 Å². The predicted molar refractivity (Wildman–Crippen MR) is 78.8 cm³/mol. The molecule has 0 fully saturated rings. The molecule has 0 saturated heterocycles. The lowest BCUT2D eigenvalue weighted by molar-refractivity contribution is 0.178. The van der Waals surface area contributed by atoms with Crippen LogP contribution in [0.3, 0.4) is 0 Å². The van der Waals surface area contributed by atoms with Crippen LogP contribution in [-0.4, -0.2) is 25.0 Å². The molecule has 2 unspecified atom stereocenters. The second-order valence-corrected chi connectivity index (χ2v) is 8.42. The quantitative estimate of drug-likeness (QED) is 0.926. The molecule has 18 heavy (non-hydrogen) atoms. The average molecular weight is 349 g/mol. The summed E-state index contributed by atoms with van der Waals surface area (Å²) in [7, 11) is -3.26. The van der Waals surface area contributed by atoms with Crippen LogP contribution in [-0.2, 0) is 9.84 Å². The first-order valence-corrected chi connectivity index (χ1v) is 8.97. The Morgan fingerprint density at radius 1 is 1.39 bits per heavy atom. The molecule has 0 saturated carbocycles. The van der Waals surface area contributed by atoms with Gasteiger partial charge in [0, 0.05) is 21.0 Å². The number of hydrogen-bond acceptors (Lipinski definition) is 4. The topological polar surface area (TPSA) is 54.4 Å². The fourth-order valence-corrected chi connectivity index (χ4v) is 4.02.